The molecule has 6 nitrogen and oxygen atoms in total. The van der Waals surface area contributed by atoms with Gasteiger partial charge in [0.1, 0.15) is 23.0 Å². The molecule has 0 radical (unpaired) electrons. The second-order valence-corrected chi connectivity index (χ2v) is 6.66. The van der Waals surface area contributed by atoms with E-state index in [0.717, 1.165) is 11.3 Å². The van der Waals surface area contributed by atoms with E-state index in [2.05, 4.69) is 5.16 Å². The molecule has 0 fully saturated rings. The zero-order valence-electron chi connectivity index (χ0n) is 16.2. The summed E-state index contributed by atoms with van der Waals surface area (Å²) in [5, 5.41) is 4.10. The molecule has 0 saturated carbocycles. The lowest BCUT2D eigenvalue weighted by atomic mass is 10.1. The normalized spacial score (nSPS) is 10.7. The summed E-state index contributed by atoms with van der Waals surface area (Å²) in [5.41, 5.74) is 1.81. The van der Waals surface area contributed by atoms with Gasteiger partial charge in [0, 0.05) is 17.2 Å². The van der Waals surface area contributed by atoms with Crippen LogP contribution >= 0.6 is 0 Å². The summed E-state index contributed by atoms with van der Waals surface area (Å²) in [6.45, 7) is 0.449. The van der Waals surface area contributed by atoms with Crippen LogP contribution < -0.4 is 4.74 Å². The highest BCUT2D eigenvalue weighted by molar-refractivity contribution is 5.94. The molecule has 4 rings (SSSR count). The minimum atomic E-state index is -0.398. The molecule has 0 spiro atoms. The SMILES string of the molecule is COc1ccc(-c2cc(CN(Cc3ccco3)C(=O)c3ccc(F)cc3)no2)cc1. The Bertz CT molecular complexity index is 1100. The molecule has 0 unspecified atom stereocenters. The number of aromatic nitrogens is 1. The van der Waals surface area contributed by atoms with Gasteiger partial charge < -0.3 is 18.6 Å². The summed E-state index contributed by atoms with van der Waals surface area (Å²) in [6.07, 6.45) is 1.55. The molecule has 152 valence electrons. The number of ether oxygens (including phenoxy) is 1. The molecule has 0 aliphatic rings. The Morgan fingerprint density at radius 2 is 1.83 bits per heavy atom. The van der Waals surface area contributed by atoms with E-state index in [1.165, 1.54) is 24.3 Å². The Morgan fingerprint density at radius 1 is 1.07 bits per heavy atom. The highest BCUT2D eigenvalue weighted by atomic mass is 19.1. The van der Waals surface area contributed by atoms with Crippen molar-refractivity contribution in [2.45, 2.75) is 13.1 Å². The topological polar surface area (TPSA) is 68.7 Å². The van der Waals surface area contributed by atoms with Crippen molar-refractivity contribution >= 4 is 5.91 Å². The molecule has 0 aliphatic heterocycles. The molecule has 0 bridgehead atoms. The number of hydrogen-bond acceptors (Lipinski definition) is 5. The fourth-order valence-electron chi connectivity index (χ4n) is 3.04. The third kappa shape index (κ3) is 4.41. The molecule has 0 N–H and O–H groups in total. The third-order valence-corrected chi connectivity index (χ3v) is 4.59. The molecule has 2 aromatic carbocycles. The van der Waals surface area contributed by atoms with E-state index in [1.807, 2.05) is 24.3 Å². The van der Waals surface area contributed by atoms with E-state index in [9.17, 15) is 9.18 Å². The second kappa shape index (κ2) is 8.65. The van der Waals surface area contributed by atoms with Gasteiger partial charge in [0.05, 0.1) is 26.5 Å². The summed E-state index contributed by atoms with van der Waals surface area (Å²) < 4.78 is 29.3. The van der Waals surface area contributed by atoms with Crippen LogP contribution in [0.3, 0.4) is 0 Å². The lowest BCUT2D eigenvalue weighted by molar-refractivity contribution is 0.0713. The van der Waals surface area contributed by atoms with Gasteiger partial charge in [-0.05, 0) is 60.7 Å². The fourth-order valence-corrected chi connectivity index (χ4v) is 3.04. The molecule has 4 aromatic rings. The first kappa shape index (κ1) is 19.4. The molecular formula is C23H19FN2O4. The number of methoxy groups -OCH3 is 1. The van der Waals surface area contributed by atoms with Gasteiger partial charge in [0.25, 0.3) is 5.91 Å². The Kier molecular flexibility index (Phi) is 5.61. The van der Waals surface area contributed by atoms with E-state index < -0.39 is 5.82 Å². The first-order valence-corrected chi connectivity index (χ1v) is 9.29. The maximum absolute atomic E-state index is 13.2. The maximum atomic E-state index is 13.2. The average Bonchev–Trinajstić information content (AvgIpc) is 3.46. The number of furan rings is 1. The highest BCUT2D eigenvalue weighted by Crippen LogP contribution is 2.24. The van der Waals surface area contributed by atoms with E-state index in [-0.39, 0.29) is 19.0 Å². The molecular weight excluding hydrogens is 387 g/mol. The van der Waals surface area contributed by atoms with Gasteiger partial charge in [-0.2, -0.15) is 0 Å². The number of carbonyl (C=O) groups excluding carboxylic acids is 1. The van der Waals surface area contributed by atoms with Crippen LogP contribution in [-0.4, -0.2) is 23.1 Å². The van der Waals surface area contributed by atoms with E-state index >= 15 is 0 Å². The lowest BCUT2D eigenvalue weighted by Crippen LogP contribution is -2.30. The monoisotopic (exact) mass is 406 g/mol. The molecule has 2 heterocycles. The first-order valence-electron chi connectivity index (χ1n) is 9.29. The van der Waals surface area contributed by atoms with Crippen molar-refractivity contribution in [3.8, 4) is 17.1 Å². The van der Waals surface area contributed by atoms with Crippen LogP contribution in [0.25, 0.3) is 11.3 Å². The van der Waals surface area contributed by atoms with Crippen LogP contribution in [0.2, 0.25) is 0 Å². The Balaban J connectivity index is 1.56. The molecule has 0 aliphatic carbocycles. The zero-order chi connectivity index (χ0) is 20.9. The number of halogens is 1. The van der Waals surface area contributed by atoms with Gasteiger partial charge in [-0.1, -0.05) is 5.16 Å². The van der Waals surface area contributed by atoms with Crippen LogP contribution in [0.4, 0.5) is 4.39 Å². The molecule has 30 heavy (non-hydrogen) atoms. The third-order valence-electron chi connectivity index (χ3n) is 4.59. The summed E-state index contributed by atoms with van der Waals surface area (Å²) in [5.74, 6) is 1.29. The number of carbonyl (C=O) groups is 1. The van der Waals surface area contributed by atoms with E-state index in [1.54, 1.807) is 36.5 Å². The van der Waals surface area contributed by atoms with Crippen LogP contribution in [0, 0.1) is 5.82 Å². The van der Waals surface area contributed by atoms with Gasteiger partial charge in [-0.3, -0.25) is 4.79 Å². The quantitative estimate of drug-likeness (QED) is 0.436. The predicted molar refractivity (Wildman–Crippen MR) is 107 cm³/mol. The van der Waals surface area contributed by atoms with Crippen molar-refractivity contribution in [3.63, 3.8) is 0 Å². The summed E-state index contributed by atoms with van der Waals surface area (Å²) in [6, 6.07) is 18.2. The van der Waals surface area contributed by atoms with Crippen molar-refractivity contribution in [2.24, 2.45) is 0 Å². The minimum absolute atomic E-state index is 0.205. The molecule has 0 atom stereocenters. The van der Waals surface area contributed by atoms with Gasteiger partial charge in [-0.15, -0.1) is 0 Å². The first-order chi connectivity index (χ1) is 14.6. The van der Waals surface area contributed by atoms with Crippen molar-refractivity contribution in [3.05, 3.63) is 95.8 Å². The molecule has 7 heteroatoms. The smallest absolute Gasteiger partial charge is 0.254 e. The summed E-state index contributed by atoms with van der Waals surface area (Å²) in [4.78, 5) is 14.6. The predicted octanol–water partition coefficient (Wildman–Crippen LogP) is 4.92. The Morgan fingerprint density at radius 3 is 2.50 bits per heavy atom. The largest absolute Gasteiger partial charge is 0.497 e. The molecule has 1 amide bonds. The lowest BCUT2D eigenvalue weighted by Gasteiger charge is -2.20. The van der Waals surface area contributed by atoms with E-state index in [0.29, 0.717) is 22.8 Å². The van der Waals surface area contributed by atoms with Gasteiger partial charge in [-0.25, -0.2) is 4.39 Å². The van der Waals surface area contributed by atoms with Crippen LogP contribution in [-0.2, 0) is 13.1 Å². The van der Waals surface area contributed by atoms with Gasteiger partial charge in [0.2, 0.25) is 0 Å². The van der Waals surface area contributed by atoms with Crippen LogP contribution in [0.5, 0.6) is 5.75 Å². The number of rotatable bonds is 7. The van der Waals surface area contributed by atoms with Gasteiger partial charge >= 0.3 is 0 Å². The number of hydrogen-bond donors (Lipinski definition) is 0. The van der Waals surface area contributed by atoms with E-state index in [4.69, 9.17) is 13.7 Å². The number of nitrogens with zero attached hydrogens (tertiary/aromatic N) is 2. The highest BCUT2D eigenvalue weighted by Gasteiger charge is 2.20. The zero-order valence-corrected chi connectivity index (χ0v) is 16.2. The number of amides is 1. The average molecular weight is 406 g/mol. The fraction of sp³-hybridized carbons (Fsp3) is 0.130. The summed E-state index contributed by atoms with van der Waals surface area (Å²) in [7, 11) is 1.60. The Labute approximate surface area is 172 Å². The summed E-state index contributed by atoms with van der Waals surface area (Å²) >= 11 is 0. The standard InChI is InChI=1S/C23H19FN2O4/c1-28-20-10-6-16(7-11-20)22-13-19(25-30-22)14-26(15-21-3-2-12-29-21)23(27)17-4-8-18(24)9-5-17/h2-13H,14-15H2,1H3. The molecule has 2 aromatic heterocycles. The van der Waals surface area contributed by atoms with Gasteiger partial charge in [0.15, 0.2) is 5.76 Å². The second-order valence-electron chi connectivity index (χ2n) is 6.66. The minimum Gasteiger partial charge on any atom is -0.497 e. The van der Waals surface area contributed by atoms with Crippen LogP contribution in [0.1, 0.15) is 21.8 Å². The molecule has 0 saturated heterocycles. The number of benzene rings is 2. The maximum Gasteiger partial charge on any atom is 0.254 e. The van der Waals surface area contributed by atoms with Crippen LogP contribution in [0.15, 0.2) is 81.9 Å². The van der Waals surface area contributed by atoms with Crippen molar-refractivity contribution in [2.75, 3.05) is 7.11 Å². The Hall–Kier alpha value is -3.87. The van der Waals surface area contributed by atoms with Crippen molar-refractivity contribution in [1.82, 2.24) is 10.1 Å². The van der Waals surface area contributed by atoms with Crippen molar-refractivity contribution in [1.29, 1.82) is 0 Å². The van der Waals surface area contributed by atoms with Crippen molar-refractivity contribution < 1.29 is 22.9 Å².